The number of fused-ring (bicyclic) bond motifs is 1. The Morgan fingerprint density at radius 3 is 2.71 bits per heavy atom. The summed E-state index contributed by atoms with van der Waals surface area (Å²) >= 11 is 0. The maximum absolute atomic E-state index is 12.6. The van der Waals surface area contributed by atoms with Crippen molar-refractivity contribution in [1.82, 2.24) is 15.2 Å². The van der Waals surface area contributed by atoms with Crippen molar-refractivity contribution >= 4 is 27.8 Å². The summed E-state index contributed by atoms with van der Waals surface area (Å²) in [6.45, 7) is 1.05. The van der Waals surface area contributed by atoms with E-state index in [9.17, 15) is 19.1 Å². The lowest BCUT2D eigenvalue weighted by Gasteiger charge is -2.18. The van der Waals surface area contributed by atoms with Gasteiger partial charge in [-0.15, -0.1) is 0 Å². The van der Waals surface area contributed by atoms with Gasteiger partial charge in [0.05, 0.1) is 23.4 Å². The number of carbonyl (C=O) groups excluding carboxylic acids is 1. The van der Waals surface area contributed by atoms with Crippen LogP contribution in [0.2, 0.25) is 0 Å². The van der Waals surface area contributed by atoms with Gasteiger partial charge in [-0.05, 0) is 28.8 Å². The second-order valence-electron chi connectivity index (χ2n) is 8.30. The summed E-state index contributed by atoms with van der Waals surface area (Å²) < 4.78 is 23.9. The van der Waals surface area contributed by atoms with Gasteiger partial charge in [-0.2, -0.15) is 5.26 Å². The van der Waals surface area contributed by atoms with Crippen LogP contribution >= 0.6 is 0 Å². The van der Waals surface area contributed by atoms with Gasteiger partial charge in [0.1, 0.15) is 12.1 Å². The third-order valence-electron chi connectivity index (χ3n) is 5.94. The van der Waals surface area contributed by atoms with Crippen molar-refractivity contribution < 1.29 is 18.2 Å². The van der Waals surface area contributed by atoms with Gasteiger partial charge in [0.25, 0.3) is 5.91 Å². The molecule has 10 heteroatoms. The Kier molecular flexibility index (Phi) is 7.26. The number of hydrogen-bond acceptors (Lipinski definition) is 7. The molecule has 0 saturated carbocycles. The Balaban J connectivity index is 1.39. The molecule has 0 radical (unpaired) electrons. The average molecular weight is 483 g/mol. The van der Waals surface area contributed by atoms with E-state index in [0.717, 1.165) is 16.7 Å². The Hall–Kier alpha value is -3.26. The molecule has 1 aromatic heterocycles. The SMILES string of the molecule is Cn1c(=O)oc2ccc(-c3ccc(C[C@@H](C#N)NC(=O)[C@@H]4CNCC(S(C)=O)CO4)cc3)cc21. The molecule has 2 N–H and O–H groups in total. The number of nitriles is 1. The lowest BCUT2D eigenvalue weighted by molar-refractivity contribution is -0.132. The van der Waals surface area contributed by atoms with Gasteiger partial charge in [0, 0.05) is 43.6 Å². The van der Waals surface area contributed by atoms with E-state index in [1.165, 1.54) is 4.57 Å². The van der Waals surface area contributed by atoms with Gasteiger partial charge < -0.3 is 19.8 Å². The Bertz CT molecular complexity index is 1310. The van der Waals surface area contributed by atoms with Crippen LogP contribution in [0.1, 0.15) is 5.56 Å². The number of nitrogens with one attached hydrogen (secondary N) is 2. The zero-order valence-corrected chi connectivity index (χ0v) is 19.8. The van der Waals surface area contributed by atoms with Crippen LogP contribution in [-0.2, 0) is 33.8 Å². The molecular formula is C24H26N4O5S. The summed E-state index contributed by atoms with van der Waals surface area (Å²) in [4.78, 5) is 24.3. The molecule has 9 nitrogen and oxygen atoms in total. The standard InChI is InChI=1S/C24H26N4O5S/c1-28-20-10-17(7-8-21(20)33-24(28)30)16-5-3-15(4-6-16)9-18(11-25)27-23(29)22-13-26-12-19(14-32-22)34(2)31/h3-8,10,18-19,22,26H,9,12-14H2,1-2H3,(H,27,29)/t18-,19?,22-,34?/m0/s1. The highest BCUT2D eigenvalue weighted by molar-refractivity contribution is 7.85. The summed E-state index contributed by atoms with van der Waals surface area (Å²) in [6.07, 6.45) is 1.23. The van der Waals surface area contributed by atoms with E-state index < -0.39 is 28.7 Å². The highest BCUT2D eigenvalue weighted by atomic mass is 32.2. The Labute approximate surface area is 199 Å². The van der Waals surface area contributed by atoms with Gasteiger partial charge >= 0.3 is 5.76 Å². The van der Waals surface area contributed by atoms with Gasteiger partial charge in [-0.25, -0.2) is 4.79 Å². The zero-order chi connectivity index (χ0) is 24.2. The third kappa shape index (κ3) is 5.28. The minimum atomic E-state index is -1.04. The number of hydrogen-bond donors (Lipinski definition) is 2. The lowest BCUT2D eigenvalue weighted by atomic mass is 10.0. The smallest absolute Gasteiger partial charge is 0.408 e. The van der Waals surface area contributed by atoms with Crippen LogP contribution in [0.4, 0.5) is 0 Å². The van der Waals surface area contributed by atoms with E-state index in [-0.39, 0.29) is 17.8 Å². The maximum atomic E-state index is 12.6. The molecule has 1 fully saturated rings. The predicted molar refractivity (Wildman–Crippen MR) is 129 cm³/mol. The average Bonchev–Trinajstić information content (AvgIpc) is 2.99. The summed E-state index contributed by atoms with van der Waals surface area (Å²) in [5.41, 5.74) is 4.04. The van der Waals surface area contributed by atoms with Crippen molar-refractivity contribution in [2.24, 2.45) is 7.05 Å². The summed E-state index contributed by atoms with van der Waals surface area (Å²) in [7, 11) is 0.619. The van der Waals surface area contributed by atoms with E-state index in [1.807, 2.05) is 36.4 Å². The molecule has 1 saturated heterocycles. The molecule has 2 aromatic carbocycles. The van der Waals surface area contributed by atoms with E-state index in [0.29, 0.717) is 30.6 Å². The first-order chi connectivity index (χ1) is 16.4. The van der Waals surface area contributed by atoms with E-state index >= 15 is 0 Å². The molecule has 0 aliphatic carbocycles. The molecule has 2 heterocycles. The van der Waals surface area contributed by atoms with E-state index in [2.05, 4.69) is 16.7 Å². The van der Waals surface area contributed by atoms with Crippen LogP contribution in [0.15, 0.2) is 51.7 Å². The van der Waals surface area contributed by atoms with Crippen LogP contribution in [-0.4, -0.2) is 58.0 Å². The van der Waals surface area contributed by atoms with Gasteiger partial charge in [-0.1, -0.05) is 30.3 Å². The fourth-order valence-electron chi connectivity index (χ4n) is 3.87. The number of aryl methyl sites for hydroxylation is 1. The van der Waals surface area contributed by atoms with Crippen molar-refractivity contribution in [2.75, 3.05) is 26.0 Å². The summed E-state index contributed by atoms with van der Waals surface area (Å²) in [5, 5.41) is 15.3. The molecule has 1 amide bonds. The molecule has 0 spiro atoms. The third-order valence-corrected chi connectivity index (χ3v) is 7.18. The minimum Gasteiger partial charge on any atom is -0.408 e. The van der Waals surface area contributed by atoms with E-state index in [1.54, 1.807) is 19.4 Å². The fraction of sp³-hybridized carbons (Fsp3) is 0.375. The molecule has 4 atom stereocenters. The van der Waals surface area contributed by atoms with Crippen LogP contribution in [0.5, 0.6) is 0 Å². The van der Waals surface area contributed by atoms with Crippen LogP contribution in [0, 0.1) is 11.3 Å². The second kappa shape index (κ2) is 10.3. The van der Waals surface area contributed by atoms with Gasteiger partial charge in [-0.3, -0.25) is 13.6 Å². The maximum Gasteiger partial charge on any atom is 0.419 e. The fourth-order valence-corrected chi connectivity index (χ4v) is 4.49. The van der Waals surface area contributed by atoms with Crippen molar-refractivity contribution in [1.29, 1.82) is 5.26 Å². The molecule has 34 heavy (non-hydrogen) atoms. The molecule has 1 aliphatic heterocycles. The number of carbonyl (C=O) groups is 1. The molecular weight excluding hydrogens is 456 g/mol. The van der Waals surface area contributed by atoms with Gasteiger partial charge in [0.2, 0.25) is 0 Å². The van der Waals surface area contributed by atoms with Gasteiger partial charge in [0.15, 0.2) is 5.58 Å². The monoisotopic (exact) mass is 482 g/mol. The number of aromatic nitrogens is 1. The molecule has 2 unspecified atom stereocenters. The number of benzene rings is 2. The summed E-state index contributed by atoms with van der Waals surface area (Å²) in [5.74, 6) is -0.769. The first-order valence-electron chi connectivity index (χ1n) is 10.9. The number of oxazole rings is 1. The highest BCUT2D eigenvalue weighted by Gasteiger charge is 2.27. The molecule has 0 bridgehead atoms. The summed E-state index contributed by atoms with van der Waals surface area (Å²) in [6, 6.07) is 14.7. The first-order valence-corrected chi connectivity index (χ1v) is 12.5. The van der Waals surface area contributed by atoms with Crippen molar-refractivity contribution in [2.45, 2.75) is 23.8 Å². The van der Waals surface area contributed by atoms with Crippen molar-refractivity contribution in [3.05, 3.63) is 58.6 Å². The molecule has 1 aliphatic rings. The van der Waals surface area contributed by atoms with E-state index in [4.69, 9.17) is 9.15 Å². The van der Waals surface area contributed by atoms with Crippen LogP contribution in [0.25, 0.3) is 22.2 Å². The minimum absolute atomic E-state index is 0.165. The second-order valence-corrected chi connectivity index (χ2v) is 9.97. The normalized spacial score (nSPS) is 20.3. The largest absolute Gasteiger partial charge is 0.419 e. The topological polar surface area (TPSA) is 126 Å². The molecule has 178 valence electrons. The van der Waals surface area contributed by atoms with Crippen LogP contribution < -0.4 is 16.4 Å². The number of nitrogens with zero attached hydrogens (tertiary/aromatic N) is 2. The molecule has 3 aromatic rings. The molecule has 4 rings (SSSR count). The van der Waals surface area contributed by atoms with Crippen LogP contribution in [0.3, 0.4) is 0 Å². The highest BCUT2D eigenvalue weighted by Crippen LogP contribution is 2.24. The first kappa shape index (κ1) is 23.9. The number of ether oxygens (including phenoxy) is 1. The Morgan fingerprint density at radius 1 is 1.26 bits per heavy atom. The van der Waals surface area contributed by atoms with Crippen molar-refractivity contribution in [3.63, 3.8) is 0 Å². The quantitative estimate of drug-likeness (QED) is 0.538. The predicted octanol–water partition coefficient (Wildman–Crippen LogP) is 1.08. The Morgan fingerprint density at radius 2 is 2.00 bits per heavy atom. The number of amides is 1. The number of rotatable bonds is 6. The lowest BCUT2D eigenvalue weighted by Crippen LogP contribution is -2.46. The zero-order valence-electron chi connectivity index (χ0n) is 18.9. The van der Waals surface area contributed by atoms with Crippen molar-refractivity contribution in [3.8, 4) is 17.2 Å².